The molecule has 2 heterocycles. The number of carbonyl (C=O) groups is 3. The first-order chi connectivity index (χ1) is 19.8. The van der Waals surface area contributed by atoms with Crippen LogP contribution in [0, 0.1) is 11.6 Å². The van der Waals surface area contributed by atoms with E-state index in [4.69, 9.17) is 9.47 Å². The highest BCUT2D eigenvalue weighted by atomic mass is 19.1. The lowest BCUT2D eigenvalue weighted by Crippen LogP contribution is -2.63. The SMILES string of the molecule is CCN1C(=O)c2c(OCc3ccccc3)c(=O)c(C(=O)NCc3ccc(F)cc3F)cn2N(C(=O)OC(C)(C)C)[C@H]1C. The van der Waals surface area contributed by atoms with E-state index in [1.165, 1.54) is 11.0 Å². The molecule has 0 unspecified atom stereocenters. The second-order valence-corrected chi connectivity index (χ2v) is 10.6. The maximum absolute atomic E-state index is 14.2. The van der Waals surface area contributed by atoms with Gasteiger partial charge in [-0.05, 0) is 46.2 Å². The van der Waals surface area contributed by atoms with Crippen molar-refractivity contribution in [1.82, 2.24) is 14.9 Å². The van der Waals surface area contributed by atoms with Gasteiger partial charge in [0.15, 0.2) is 11.4 Å². The number of halogens is 2. The molecule has 1 aromatic heterocycles. The molecule has 1 atom stereocenters. The zero-order valence-corrected chi connectivity index (χ0v) is 23.9. The van der Waals surface area contributed by atoms with E-state index < -0.39 is 58.1 Å². The Hall–Kier alpha value is -4.74. The van der Waals surface area contributed by atoms with Gasteiger partial charge in [0.05, 0.1) is 0 Å². The van der Waals surface area contributed by atoms with Crippen LogP contribution in [0.25, 0.3) is 0 Å². The number of amides is 3. The van der Waals surface area contributed by atoms with Crippen molar-refractivity contribution in [3.8, 4) is 5.75 Å². The van der Waals surface area contributed by atoms with Gasteiger partial charge in [-0.3, -0.25) is 14.4 Å². The van der Waals surface area contributed by atoms with Crippen molar-refractivity contribution in [2.75, 3.05) is 11.6 Å². The van der Waals surface area contributed by atoms with Crippen LogP contribution in [0.5, 0.6) is 5.75 Å². The fourth-order valence-electron chi connectivity index (χ4n) is 4.48. The molecule has 10 nitrogen and oxygen atoms in total. The number of ether oxygens (including phenoxy) is 2. The summed E-state index contributed by atoms with van der Waals surface area (Å²) in [4.78, 5) is 55.5. The Morgan fingerprint density at radius 2 is 1.74 bits per heavy atom. The van der Waals surface area contributed by atoms with Crippen molar-refractivity contribution in [3.63, 3.8) is 0 Å². The van der Waals surface area contributed by atoms with Crippen molar-refractivity contribution in [2.45, 2.75) is 59.5 Å². The van der Waals surface area contributed by atoms with E-state index in [1.54, 1.807) is 65.0 Å². The van der Waals surface area contributed by atoms with Crippen LogP contribution in [-0.4, -0.2) is 45.8 Å². The van der Waals surface area contributed by atoms with E-state index >= 15 is 0 Å². The number of aromatic nitrogens is 1. The van der Waals surface area contributed by atoms with Crippen molar-refractivity contribution in [2.24, 2.45) is 0 Å². The summed E-state index contributed by atoms with van der Waals surface area (Å²) in [5.74, 6) is -3.61. The number of nitrogens with zero attached hydrogens (tertiary/aromatic N) is 3. The summed E-state index contributed by atoms with van der Waals surface area (Å²) in [6, 6.07) is 11.8. The summed E-state index contributed by atoms with van der Waals surface area (Å²) in [7, 11) is 0. The van der Waals surface area contributed by atoms with Crippen LogP contribution < -0.4 is 20.5 Å². The molecule has 0 saturated heterocycles. The molecule has 12 heteroatoms. The van der Waals surface area contributed by atoms with Crippen molar-refractivity contribution >= 4 is 17.9 Å². The Bertz CT molecular complexity index is 1570. The summed E-state index contributed by atoms with van der Waals surface area (Å²) in [5, 5.41) is 3.57. The summed E-state index contributed by atoms with van der Waals surface area (Å²) in [6.45, 7) is 8.07. The Kier molecular flexibility index (Phi) is 8.64. The molecule has 1 aliphatic heterocycles. The van der Waals surface area contributed by atoms with E-state index in [0.29, 0.717) is 11.6 Å². The van der Waals surface area contributed by atoms with E-state index in [9.17, 15) is 28.0 Å². The predicted molar refractivity (Wildman–Crippen MR) is 150 cm³/mol. The first-order valence-corrected chi connectivity index (χ1v) is 13.3. The second-order valence-electron chi connectivity index (χ2n) is 10.6. The van der Waals surface area contributed by atoms with E-state index in [2.05, 4.69) is 5.32 Å². The van der Waals surface area contributed by atoms with Crippen molar-refractivity contribution < 1.29 is 32.6 Å². The summed E-state index contributed by atoms with van der Waals surface area (Å²) in [6.07, 6.45) is -0.632. The number of rotatable bonds is 7. The molecule has 1 aliphatic rings. The number of fused-ring (bicyclic) bond motifs is 1. The molecule has 2 aromatic carbocycles. The van der Waals surface area contributed by atoms with Gasteiger partial charge >= 0.3 is 6.09 Å². The van der Waals surface area contributed by atoms with Gasteiger partial charge in [0, 0.05) is 30.9 Å². The number of pyridine rings is 1. The van der Waals surface area contributed by atoms with Gasteiger partial charge in [0.1, 0.15) is 35.6 Å². The van der Waals surface area contributed by atoms with Crippen LogP contribution in [-0.2, 0) is 17.9 Å². The minimum atomic E-state index is -0.925. The molecule has 3 amide bonds. The summed E-state index contributed by atoms with van der Waals surface area (Å²) in [5.41, 5.74) is -1.87. The Morgan fingerprint density at radius 3 is 2.36 bits per heavy atom. The fourth-order valence-corrected chi connectivity index (χ4v) is 4.48. The topological polar surface area (TPSA) is 110 Å². The number of carbonyl (C=O) groups excluding carboxylic acids is 3. The molecule has 0 bridgehead atoms. The normalized spacial score (nSPS) is 14.8. The lowest BCUT2D eigenvalue weighted by molar-refractivity contribution is 0.0373. The largest absolute Gasteiger partial charge is 0.482 e. The molecule has 0 saturated carbocycles. The van der Waals surface area contributed by atoms with Crippen LogP contribution in [0.3, 0.4) is 0 Å². The molecular formula is C30H32F2N4O6. The summed E-state index contributed by atoms with van der Waals surface area (Å²) >= 11 is 0. The van der Waals surface area contributed by atoms with Gasteiger partial charge in [-0.2, -0.15) is 5.01 Å². The third-order valence-electron chi connectivity index (χ3n) is 6.49. The van der Waals surface area contributed by atoms with Crippen LogP contribution in [0.15, 0.2) is 59.5 Å². The average Bonchev–Trinajstić information content (AvgIpc) is 2.91. The smallest absolute Gasteiger partial charge is 0.431 e. The number of nitrogens with one attached hydrogen (secondary N) is 1. The first kappa shape index (κ1) is 30.2. The van der Waals surface area contributed by atoms with Crippen LogP contribution >= 0.6 is 0 Å². The number of hydrogen-bond acceptors (Lipinski definition) is 6. The average molecular weight is 583 g/mol. The number of hydrogen-bond donors (Lipinski definition) is 1. The molecule has 0 aliphatic carbocycles. The van der Waals surface area contributed by atoms with E-state index in [1.807, 2.05) is 0 Å². The third-order valence-corrected chi connectivity index (χ3v) is 6.49. The Balaban J connectivity index is 1.84. The van der Waals surface area contributed by atoms with E-state index in [-0.39, 0.29) is 31.0 Å². The number of benzene rings is 2. The lowest BCUT2D eigenvalue weighted by Gasteiger charge is -2.43. The van der Waals surface area contributed by atoms with Gasteiger partial charge in [-0.1, -0.05) is 36.4 Å². The molecule has 0 radical (unpaired) electrons. The minimum absolute atomic E-state index is 0.0128. The molecule has 222 valence electrons. The lowest BCUT2D eigenvalue weighted by atomic mass is 10.1. The standard InChI is InChI=1S/C30H32F2N4O6/c1-6-34-18(2)36(29(40)42-30(3,4)5)35-16-22(27(38)33-15-20-12-13-21(31)14-23(20)32)25(37)26(24(35)28(34)39)41-17-19-10-8-7-9-11-19/h7-14,16,18H,6,15,17H2,1-5H3,(H,33,38)/t18-/m0/s1. The molecule has 1 N–H and O–H groups in total. The van der Waals surface area contributed by atoms with Crippen molar-refractivity contribution in [1.29, 1.82) is 0 Å². The maximum Gasteiger partial charge on any atom is 0.431 e. The van der Waals surface area contributed by atoms with E-state index in [0.717, 1.165) is 21.9 Å². The monoisotopic (exact) mass is 582 g/mol. The van der Waals surface area contributed by atoms with Gasteiger partial charge in [-0.25, -0.2) is 18.3 Å². The third kappa shape index (κ3) is 6.27. The highest BCUT2D eigenvalue weighted by molar-refractivity contribution is 6.01. The summed E-state index contributed by atoms with van der Waals surface area (Å²) < 4.78 is 40.1. The highest BCUT2D eigenvalue weighted by Gasteiger charge is 2.42. The quantitative estimate of drug-likeness (QED) is 0.444. The molecule has 42 heavy (non-hydrogen) atoms. The van der Waals surface area contributed by atoms with Gasteiger partial charge in [-0.15, -0.1) is 0 Å². The second kappa shape index (κ2) is 12.0. The Labute approximate surface area is 241 Å². The Morgan fingerprint density at radius 1 is 1.05 bits per heavy atom. The zero-order valence-electron chi connectivity index (χ0n) is 23.9. The fraction of sp³-hybridized carbons (Fsp3) is 0.333. The molecule has 0 spiro atoms. The van der Waals surface area contributed by atoms with Crippen LogP contribution in [0.2, 0.25) is 0 Å². The molecule has 0 fully saturated rings. The molecule has 4 rings (SSSR count). The van der Waals surface area contributed by atoms with Crippen LogP contribution in [0.1, 0.15) is 66.6 Å². The van der Waals surface area contributed by atoms with Crippen molar-refractivity contribution in [3.05, 3.63) is 99.0 Å². The van der Waals surface area contributed by atoms with Crippen LogP contribution in [0.4, 0.5) is 13.6 Å². The van der Waals surface area contributed by atoms with Gasteiger partial charge in [0.2, 0.25) is 5.43 Å². The zero-order chi connectivity index (χ0) is 30.8. The minimum Gasteiger partial charge on any atom is -0.482 e. The highest BCUT2D eigenvalue weighted by Crippen LogP contribution is 2.27. The molecule has 3 aromatic rings. The first-order valence-electron chi connectivity index (χ1n) is 13.3. The van der Waals surface area contributed by atoms with Gasteiger partial charge in [0.25, 0.3) is 11.8 Å². The predicted octanol–water partition coefficient (Wildman–Crippen LogP) is 4.33. The molecular weight excluding hydrogens is 550 g/mol. The van der Waals surface area contributed by atoms with Gasteiger partial charge < -0.3 is 19.7 Å². The maximum atomic E-state index is 14.2.